The lowest BCUT2D eigenvalue weighted by molar-refractivity contribution is -0.126. The molecule has 0 spiro atoms. The molecule has 0 amide bonds. The largest absolute Gasteiger partial charge is 0.393 e. The van der Waals surface area contributed by atoms with E-state index in [1.54, 1.807) is 6.07 Å². The first-order chi connectivity index (χ1) is 6.97. The normalized spacial score (nSPS) is 12.3. The molecule has 2 heterocycles. The summed E-state index contributed by atoms with van der Waals surface area (Å²) in [6, 6.07) is 1.55. The number of pyridine rings is 1. The van der Waals surface area contributed by atoms with E-state index in [0.717, 1.165) is 0 Å². The SMILES string of the molecule is FC(F)(F)Cc1csc2c(Cl)nccc12. The van der Waals surface area contributed by atoms with Crippen LogP contribution in [0.5, 0.6) is 0 Å². The Balaban J connectivity index is 2.50. The van der Waals surface area contributed by atoms with Crippen LogP contribution in [0.3, 0.4) is 0 Å². The molecule has 1 nitrogen and oxygen atoms in total. The van der Waals surface area contributed by atoms with E-state index in [-0.39, 0.29) is 10.7 Å². The molecule has 0 aliphatic rings. The zero-order valence-corrected chi connectivity index (χ0v) is 8.88. The second-order valence-corrected chi connectivity index (χ2v) is 4.27. The highest BCUT2D eigenvalue weighted by Gasteiger charge is 2.29. The second kappa shape index (κ2) is 3.64. The Kier molecular flexibility index (Phi) is 2.60. The lowest BCUT2D eigenvalue weighted by Crippen LogP contribution is -2.10. The Morgan fingerprint density at radius 1 is 1.40 bits per heavy atom. The average molecular weight is 252 g/mol. The van der Waals surface area contributed by atoms with Gasteiger partial charge in [0.1, 0.15) is 5.15 Å². The Labute approximate surface area is 92.5 Å². The van der Waals surface area contributed by atoms with Crippen LogP contribution in [0.15, 0.2) is 17.6 Å². The van der Waals surface area contributed by atoms with Crippen molar-refractivity contribution in [3.63, 3.8) is 0 Å². The maximum Gasteiger partial charge on any atom is 0.393 e. The van der Waals surface area contributed by atoms with Crippen molar-refractivity contribution in [2.75, 3.05) is 0 Å². The first kappa shape index (κ1) is 10.7. The van der Waals surface area contributed by atoms with Crippen molar-refractivity contribution in [2.45, 2.75) is 12.6 Å². The summed E-state index contributed by atoms with van der Waals surface area (Å²) in [5, 5.41) is 2.27. The van der Waals surface area contributed by atoms with Crippen molar-refractivity contribution in [2.24, 2.45) is 0 Å². The molecule has 0 fully saturated rings. The van der Waals surface area contributed by atoms with Gasteiger partial charge in [0.25, 0.3) is 0 Å². The fourth-order valence-corrected chi connectivity index (χ4v) is 2.57. The predicted molar refractivity (Wildman–Crippen MR) is 54.4 cm³/mol. The van der Waals surface area contributed by atoms with Crippen LogP contribution in [-0.4, -0.2) is 11.2 Å². The van der Waals surface area contributed by atoms with Gasteiger partial charge in [-0.1, -0.05) is 11.6 Å². The number of nitrogens with zero attached hydrogens (tertiary/aromatic N) is 1. The summed E-state index contributed by atoms with van der Waals surface area (Å²) in [7, 11) is 0. The molecule has 0 aliphatic carbocycles. The topological polar surface area (TPSA) is 12.9 Å². The summed E-state index contributed by atoms with van der Waals surface area (Å²) < 4.78 is 37.2. The minimum absolute atomic E-state index is 0.255. The van der Waals surface area contributed by atoms with Crippen molar-refractivity contribution in [1.82, 2.24) is 4.98 Å². The van der Waals surface area contributed by atoms with Crippen LogP contribution in [0.1, 0.15) is 5.56 Å². The number of rotatable bonds is 1. The van der Waals surface area contributed by atoms with Gasteiger partial charge in [-0.25, -0.2) is 4.98 Å². The van der Waals surface area contributed by atoms with Gasteiger partial charge in [-0.05, 0) is 17.0 Å². The molecule has 15 heavy (non-hydrogen) atoms. The lowest BCUT2D eigenvalue weighted by atomic mass is 10.1. The average Bonchev–Trinajstić information content (AvgIpc) is 2.48. The number of fused-ring (bicyclic) bond motifs is 1. The third-order valence-electron chi connectivity index (χ3n) is 1.92. The first-order valence-electron chi connectivity index (χ1n) is 4.05. The summed E-state index contributed by atoms with van der Waals surface area (Å²) in [5.41, 5.74) is 0.256. The van der Waals surface area contributed by atoms with E-state index in [1.807, 2.05) is 0 Å². The van der Waals surface area contributed by atoms with Gasteiger partial charge >= 0.3 is 6.18 Å². The predicted octanol–water partition coefficient (Wildman–Crippen LogP) is 4.05. The van der Waals surface area contributed by atoms with Crippen molar-refractivity contribution in [3.8, 4) is 0 Å². The third kappa shape index (κ3) is 2.23. The van der Waals surface area contributed by atoms with Crippen LogP contribution >= 0.6 is 22.9 Å². The molecule has 2 aromatic heterocycles. The molecule has 0 unspecified atom stereocenters. The molecule has 0 bridgehead atoms. The molecule has 2 aromatic rings. The Hall–Kier alpha value is -0.810. The summed E-state index contributed by atoms with van der Waals surface area (Å²) in [6.07, 6.45) is -3.70. The third-order valence-corrected chi connectivity index (χ3v) is 3.37. The summed E-state index contributed by atoms with van der Waals surface area (Å²) >= 11 is 6.95. The summed E-state index contributed by atoms with van der Waals surface area (Å²) in [5.74, 6) is 0. The van der Waals surface area contributed by atoms with E-state index in [4.69, 9.17) is 11.6 Å². The van der Waals surface area contributed by atoms with E-state index in [0.29, 0.717) is 10.1 Å². The minimum atomic E-state index is -4.19. The molecule has 0 atom stereocenters. The van der Waals surface area contributed by atoms with Crippen LogP contribution < -0.4 is 0 Å². The smallest absolute Gasteiger partial charge is 0.243 e. The van der Waals surface area contributed by atoms with Crippen molar-refractivity contribution < 1.29 is 13.2 Å². The Morgan fingerprint density at radius 2 is 2.13 bits per heavy atom. The molecule has 0 radical (unpaired) electrons. The zero-order chi connectivity index (χ0) is 11.1. The van der Waals surface area contributed by atoms with Gasteiger partial charge in [0, 0.05) is 11.6 Å². The summed E-state index contributed by atoms with van der Waals surface area (Å²) in [4.78, 5) is 3.81. The van der Waals surface area contributed by atoms with Crippen LogP contribution in [0, 0.1) is 0 Å². The quantitative estimate of drug-likeness (QED) is 0.697. The van der Waals surface area contributed by atoms with E-state index in [2.05, 4.69) is 4.98 Å². The number of alkyl halides is 3. The van der Waals surface area contributed by atoms with Gasteiger partial charge in [-0.15, -0.1) is 11.3 Å². The highest BCUT2D eigenvalue weighted by Crippen LogP contribution is 2.33. The highest BCUT2D eigenvalue weighted by atomic mass is 35.5. The van der Waals surface area contributed by atoms with Gasteiger partial charge in [0.15, 0.2) is 0 Å². The molecule has 0 aliphatic heterocycles. The molecule has 2 rings (SSSR count). The van der Waals surface area contributed by atoms with Crippen LogP contribution in [-0.2, 0) is 6.42 Å². The fourth-order valence-electron chi connectivity index (χ4n) is 1.33. The van der Waals surface area contributed by atoms with Crippen LogP contribution in [0.25, 0.3) is 10.1 Å². The number of aromatic nitrogens is 1. The molecule has 0 saturated heterocycles. The highest BCUT2D eigenvalue weighted by molar-refractivity contribution is 7.18. The van der Waals surface area contributed by atoms with E-state index in [1.165, 1.54) is 22.9 Å². The number of thiophene rings is 1. The number of hydrogen-bond acceptors (Lipinski definition) is 2. The van der Waals surface area contributed by atoms with Gasteiger partial charge in [-0.2, -0.15) is 13.2 Å². The molecule has 80 valence electrons. The molecule has 0 aromatic carbocycles. The van der Waals surface area contributed by atoms with Gasteiger partial charge < -0.3 is 0 Å². The molecule has 6 heteroatoms. The van der Waals surface area contributed by atoms with Crippen molar-refractivity contribution in [1.29, 1.82) is 0 Å². The van der Waals surface area contributed by atoms with Crippen LogP contribution in [0.4, 0.5) is 13.2 Å². The molecule has 0 N–H and O–H groups in total. The molecular formula is C9H5ClF3NS. The fraction of sp³-hybridized carbons (Fsp3) is 0.222. The van der Waals surface area contributed by atoms with E-state index >= 15 is 0 Å². The van der Waals surface area contributed by atoms with Crippen LogP contribution in [0.2, 0.25) is 5.15 Å². The minimum Gasteiger partial charge on any atom is -0.243 e. The van der Waals surface area contributed by atoms with Crippen molar-refractivity contribution >= 4 is 33.0 Å². The Bertz CT molecular complexity index is 492. The standard InChI is InChI=1S/C9H5ClF3NS/c10-8-7-6(1-2-14-8)5(4-15-7)3-9(11,12)13/h1-2,4H,3H2. The number of hydrogen-bond donors (Lipinski definition) is 0. The first-order valence-corrected chi connectivity index (χ1v) is 5.30. The van der Waals surface area contributed by atoms with Crippen molar-refractivity contribution in [3.05, 3.63) is 28.4 Å². The van der Waals surface area contributed by atoms with Gasteiger partial charge in [0.05, 0.1) is 11.1 Å². The van der Waals surface area contributed by atoms with E-state index in [9.17, 15) is 13.2 Å². The van der Waals surface area contributed by atoms with Gasteiger partial charge in [-0.3, -0.25) is 0 Å². The lowest BCUT2D eigenvalue weighted by Gasteiger charge is -2.04. The maximum atomic E-state index is 12.2. The van der Waals surface area contributed by atoms with E-state index < -0.39 is 12.6 Å². The molecule has 0 saturated carbocycles. The number of halogens is 4. The maximum absolute atomic E-state index is 12.2. The monoisotopic (exact) mass is 251 g/mol. The Morgan fingerprint density at radius 3 is 2.80 bits per heavy atom. The zero-order valence-electron chi connectivity index (χ0n) is 7.31. The van der Waals surface area contributed by atoms with Gasteiger partial charge in [0.2, 0.25) is 0 Å². The molecular weight excluding hydrogens is 247 g/mol. The second-order valence-electron chi connectivity index (χ2n) is 3.03. The summed E-state index contributed by atoms with van der Waals surface area (Å²) in [6.45, 7) is 0.